The highest BCUT2D eigenvalue weighted by atomic mass is 35.5. The van der Waals surface area contributed by atoms with Gasteiger partial charge in [0.25, 0.3) is 5.91 Å². The largest absolute Gasteiger partial charge is 0.286 e. The van der Waals surface area contributed by atoms with E-state index in [1.54, 1.807) is 23.5 Å². The van der Waals surface area contributed by atoms with Crippen molar-refractivity contribution < 1.29 is 4.79 Å². The third-order valence-electron chi connectivity index (χ3n) is 5.81. The lowest BCUT2D eigenvalue weighted by molar-refractivity contribution is 0.0743. The van der Waals surface area contributed by atoms with Gasteiger partial charge in [0.05, 0.1) is 21.3 Å². The number of rotatable bonds is 7. The average molecular weight is 506 g/mol. The lowest BCUT2D eigenvalue weighted by Gasteiger charge is -2.26. The predicted octanol–water partition coefficient (Wildman–Crippen LogP) is 6.80. The Morgan fingerprint density at radius 2 is 1.91 bits per heavy atom. The molecule has 1 amide bonds. The molecule has 176 valence electrons. The number of benzene rings is 1. The number of nitrogens with zero attached hydrogens (tertiary/aromatic N) is 3. The van der Waals surface area contributed by atoms with Gasteiger partial charge in [0.2, 0.25) is 0 Å². The predicted molar refractivity (Wildman–Crippen MR) is 138 cm³/mol. The second kappa shape index (κ2) is 10.6. The average Bonchev–Trinajstić information content (AvgIpc) is 3.38. The van der Waals surface area contributed by atoms with E-state index in [1.165, 1.54) is 11.3 Å². The van der Waals surface area contributed by atoms with Gasteiger partial charge in [0, 0.05) is 28.6 Å². The monoisotopic (exact) mass is 504 g/mol. The molecule has 1 aliphatic rings. The Labute approximate surface area is 209 Å². The second-order valence-electron chi connectivity index (χ2n) is 8.89. The van der Waals surface area contributed by atoms with E-state index in [-0.39, 0.29) is 5.91 Å². The summed E-state index contributed by atoms with van der Waals surface area (Å²) in [7, 11) is 0. The Balaban J connectivity index is 1.81. The van der Waals surface area contributed by atoms with Gasteiger partial charge in [-0.1, -0.05) is 50.4 Å². The molecule has 5 nitrogen and oxygen atoms in total. The molecule has 0 radical (unpaired) electrons. The number of hydrogen-bond donors (Lipinski definition) is 1. The van der Waals surface area contributed by atoms with Crippen LogP contribution >= 0.6 is 34.5 Å². The van der Waals surface area contributed by atoms with E-state index in [1.807, 2.05) is 15.8 Å². The molecule has 1 aliphatic heterocycles. The van der Waals surface area contributed by atoms with Crippen LogP contribution in [-0.4, -0.2) is 33.8 Å². The number of carbonyl (C=O) groups excluding carboxylic acids is 1. The van der Waals surface area contributed by atoms with Crippen molar-refractivity contribution in [3.05, 3.63) is 56.5 Å². The van der Waals surface area contributed by atoms with E-state index in [4.69, 9.17) is 28.3 Å². The van der Waals surface area contributed by atoms with Crippen LogP contribution < -0.4 is 5.43 Å². The minimum absolute atomic E-state index is 0.169. The first kappa shape index (κ1) is 24.3. The van der Waals surface area contributed by atoms with E-state index < -0.39 is 0 Å². The first-order valence-electron chi connectivity index (χ1n) is 11.6. The summed E-state index contributed by atoms with van der Waals surface area (Å²) >= 11 is 14.5. The molecule has 3 aromatic rings. The van der Waals surface area contributed by atoms with Crippen molar-refractivity contribution in [1.29, 1.82) is 0 Å². The van der Waals surface area contributed by atoms with Gasteiger partial charge >= 0.3 is 0 Å². The smallest absolute Gasteiger partial charge is 0.283 e. The van der Waals surface area contributed by atoms with Gasteiger partial charge in [-0.05, 0) is 61.9 Å². The van der Waals surface area contributed by atoms with E-state index in [2.05, 4.69) is 38.3 Å². The van der Waals surface area contributed by atoms with Gasteiger partial charge < -0.3 is 0 Å². The lowest BCUT2D eigenvalue weighted by atomic mass is 10.1. The number of thiophene rings is 1. The van der Waals surface area contributed by atoms with Crippen molar-refractivity contribution in [2.45, 2.75) is 52.9 Å². The molecule has 1 N–H and O–H groups in total. The quantitative estimate of drug-likeness (QED) is 0.384. The van der Waals surface area contributed by atoms with Gasteiger partial charge in [0.15, 0.2) is 5.69 Å². The highest BCUT2D eigenvalue weighted by Crippen LogP contribution is 2.37. The standard InChI is InChI=1S/C25H30Cl2N4OS/c1-4-19-23(25(32)29-30-12-6-5-7-13-30)28-31(21-10-8-17(26)15-20(21)27)24(19)22-11-9-18(33-22)14-16(2)3/h8-11,15-16H,4-7,12-14H2,1-3H3,(H,29,32). The van der Waals surface area contributed by atoms with Gasteiger partial charge in [-0.2, -0.15) is 5.10 Å². The minimum Gasteiger partial charge on any atom is -0.283 e. The zero-order valence-corrected chi connectivity index (χ0v) is 21.7. The summed E-state index contributed by atoms with van der Waals surface area (Å²) in [5.74, 6) is 0.404. The third-order valence-corrected chi connectivity index (χ3v) is 7.46. The van der Waals surface area contributed by atoms with Crippen LogP contribution in [0.1, 0.15) is 61.0 Å². The zero-order chi connectivity index (χ0) is 23.5. The maximum absolute atomic E-state index is 13.3. The molecule has 4 rings (SSSR count). The SMILES string of the molecule is CCc1c(C(=O)NN2CCCCC2)nn(-c2ccc(Cl)cc2Cl)c1-c1ccc(CC(C)C)s1. The van der Waals surface area contributed by atoms with Crippen LogP contribution in [0.25, 0.3) is 16.3 Å². The number of halogens is 2. The van der Waals surface area contributed by atoms with Crippen molar-refractivity contribution >= 4 is 40.4 Å². The molecular formula is C25H30Cl2N4OS. The first-order valence-corrected chi connectivity index (χ1v) is 13.2. The third kappa shape index (κ3) is 5.46. The van der Waals surface area contributed by atoms with Crippen LogP contribution in [0.15, 0.2) is 30.3 Å². The molecule has 0 spiro atoms. The number of nitrogens with one attached hydrogen (secondary N) is 1. The molecule has 1 saturated heterocycles. The summed E-state index contributed by atoms with van der Waals surface area (Å²) in [6, 6.07) is 9.67. The van der Waals surface area contributed by atoms with Gasteiger partial charge in [-0.25, -0.2) is 9.69 Å². The maximum atomic E-state index is 13.3. The Kier molecular flexibility index (Phi) is 7.80. The zero-order valence-electron chi connectivity index (χ0n) is 19.3. The fourth-order valence-corrected chi connectivity index (χ4v) is 6.03. The van der Waals surface area contributed by atoms with Crippen LogP contribution in [0, 0.1) is 5.92 Å². The van der Waals surface area contributed by atoms with E-state index in [0.717, 1.165) is 48.5 Å². The fraction of sp³-hybridized carbons (Fsp3) is 0.440. The minimum atomic E-state index is -0.169. The van der Waals surface area contributed by atoms with Gasteiger partial charge in [-0.15, -0.1) is 11.3 Å². The number of carbonyl (C=O) groups is 1. The van der Waals surface area contributed by atoms with E-state index >= 15 is 0 Å². The summed E-state index contributed by atoms with van der Waals surface area (Å²) in [5, 5.41) is 7.87. The molecule has 0 atom stereocenters. The van der Waals surface area contributed by atoms with Crippen molar-refractivity contribution in [2.24, 2.45) is 5.92 Å². The molecule has 8 heteroatoms. The van der Waals surface area contributed by atoms with Crippen LogP contribution in [0.4, 0.5) is 0 Å². The van der Waals surface area contributed by atoms with Gasteiger partial charge in [0.1, 0.15) is 0 Å². The highest BCUT2D eigenvalue weighted by molar-refractivity contribution is 7.15. The van der Waals surface area contributed by atoms with Crippen LogP contribution in [-0.2, 0) is 12.8 Å². The number of hydrogen-bond acceptors (Lipinski definition) is 4. The molecule has 33 heavy (non-hydrogen) atoms. The molecule has 1 fully saturated rings. The molecular weight excluding hydrogens is 475 g/mol. The van der Waals surface area contributed by atoms with Crippen LogP contribution in [0.2, 0.25) is 10.0 Å². The summed E-state index contributed by atoms with van der Waals surface area (Å²) in [4.78, 5) is 15.7. The van der Waals surface area contributed by atoms with Crippen molar-refractivity contribution in [3.8, 4) is 16.3 Å². The fourth-order valence-electron chi connectivity index (χ4n) is 4.27. The Morgan fingerprint density at radius 3 is 2.58 bits per heavy atom. The number of piperidine rings is 1. The molecule has 0 unspecified atom stereocenters. The van der Waals surface area contributed by atoms with Crippen LogP contribution in [0.3, 0.4) is 0 Å². The summed E-state index contributed by atoms with van der Waals surface area (Å²) < 4.78 is 1.81. The normalized spacial score (nSPS) is 14.7. The molecule has 1 aromatic carbocycles. The molecule has 3 heterocycles. The van der Waals surface area contributed by atoms with E-state index in [9.17, 15) is 4.79 Å². The molecule has 0 saturated carbocycles. The summed E-state index contributed by atoms with van der Waals surface area (Å²) in [6.45, 7) is 8.24. The summed E-state index contributed by atoms with van der Waals surface area (Å²) in [5.41, 5.74) is 6.08. The lowest BCUT2D eigenvalue weighted by Crippen LogP contribution is -2.45. The number of hydrazine groups is 1. The first-order chi connectivity index (χ1) is 15.9. The Hall–Kier alpha value is -1.86. The van der Waals surface area contributed by atoms with Crippen molar-refractivity contribution in [2.75, 3.05) is 13.1 Å². The second-order valence-corrected chi connectivity index (χ2v) is 10.9. The van der Waals surface area contributed by atoms with Crippen molar-refractivity contribution in [1.82, 2.24) is 20.2 Å². The molecule has 0 aliphatic carbocycles. The molecule has 2 aromatic heterocycles. The number of aromatic nitrogens is 2. The van der Waals surface area contributed by atoms with E-state index in [0.29, 0.717) is 33.8 Å². The Morgan fingerprint density at radius 1 is 1.15 bits per heavy atom. The van der Waals surface area contributed by atoms with Gasteiger partial charge in [-0.3, -0.25) is 10.2 Å². The topological polar surface area (TPSA) is 50.2 Å². The van der Waals surface area contributed by atoms with Crippen molar-refractivity contribution in [3.63, 3.8) is 0 Å². The van der Waals surface area contributed by atoms with Crippen LogP contribution in [0.5, 0.6) is 0 Å². The summed E-state index contributed by atoms with van der Waals surface area (Å²) in [6.07, 6.45) is 5.09. The number of amides is 1. The highest BCUT2D eigenvalue weighted by Gasteiger charge is 2.27. The maximum Gasteiger partial charge on any atom is 0.286 e. The Bertz CT molecular complexity index is 1130. The molecule has 0 bridgehead atoms.